The predicted octanol–water partition coefficient (Wildman–Crippen LogP) is 4.15. The van der Waals surface area contributed by atoms with Crippen molar-refractivity contribution in [3.63, 3.8) is 0 Å². The van der Waals surface area contributed by atoms with Crippen LogP contribution in [0.5, 0.6) is 0 Å². The first-order chi connectivity index (χ1) is 16.5. The maximum absolute atomic E-state index is 12.8. The largest absolute Gasteiger partial charge is 0.481 e. The van der Waals surface area contributed by atoms with E-state index in [4.69, 9.17) is 0 Å². The van der Waals surface area contributed by atoms with Gasteiger partial charge in [-0.2, -0.15) is 0 Å². The molecule has 6 heteroatoms. The second-order valence-electron chi connectivity index (χ2n) is 15.2. The van der Waals surface area contributed by atoms with Crippen molar-refractivity contribution in [3.05, 3.63) is 11.6 Å². The Morgan fingerprint density at radius 3 is 2.19 bits per heavy atom. The number of carboxylic acid groups (broad SMARTS) is 1. The lowest BCUT2D eigenvalue weighted by atomic mass is 9.33. The number of allylic oxidation sites excluding steroid dienone is 1. The first-order valence-corrected chi connectivity index (χ1v) is 14.1. The summed E-state index contributed by atoms with van der Waals surface area (Å²) < 4.78 is 0. The van der Waals surface area contributed by atoms with Gasteiger partial charge in [-0.05, 0) is 84.9 Å². The fourth-order valence-corrected chi connectivity index (χ4v) is 10.9. The number of carbonyl (C=O) groups is 1. The van der Waals surface area contributed by atoms with Gasteiger partial charge < -0.3 is 25.5 Å². The summed E-state index contributed by atoms with van der Waals surface area (Å²) in [6.07, 6.45) is 5.20. The molecule has 0 aromatic carbocycles. The molecule has 0 heterocycles. The molecule has 204 valence electrons. The summed E-state index contributed by atoms with van der Waals surface area (Å²) in [6.45, 7) is 12.9. The van der Waals surface area contributed by atoms with Gasteiger partial charge in [0.15, 0.2) is 0 Å². The van der Waals surface area contributed by atoms with Gasteiger partial charge in [0.25, 0.3) is 0 Å². The third-order valence-electron chi connectivity index (χ3n) is 13.1. The number of hydrogen-bond donors (Lipinski definition) is 5. The van der Waals surface area contributed by atoms with Gasteiger partial charge >= 0.3 is 5.97 Å². The molecule has 0 aliphatic heterocycles. The fraction of sp³-hybridized carbons (Fsp3) is 0.900. The Kier molecular flexibility index (Phi) is 5.77. The van der Waals surface area contributed by atoms with Crippen molar-refractivity contribution in [1.82, 2.24) is 0 Å². The summed E-state index contributed by atoms with van der Waals surface area (Å²) in [6, 6.07) is 0. The maximum Gasteiger partial charge on any atom is 0.310 e. The average Bonchev–Trinajstić information content (AvgIpc) is 2.78. The Morgan fingerprint density at radius 1 is 0.944 bits per heavy atom. The van der Waals surface area contributed by atoms with E-state index in [2.05, 4.69) is 34.6 Å². The smallest absolute Gasteiger partial charge is 0.310 e. The Hall–Kier alpha value is -0.950. The van der Waals surface area contributed by atoms with E-state index in [0.717, 1.165) is 37.7 Å². The number of carboxylic acids is 1. The summed E-state index contributed by atoms with van der Waals surface area (Å²) >= 11 is 0. The first-order valence-electron chi connectivity index (χ1n) is 14.1. The minimum Gasteiger partial charge on any atom is -0.481 e. The quantitative estimate of drug-likeness (QED) is 0.361. The molecule has 4 saturated carbocycles. The van der Waals surface area contributed by atoms with Crippen molar-refractivity contribution in [2.24, 2.45) is 50.2 Å². The molecule has 0 spiro atoms. The lowest BCUT2D eigenvalue weighted by Crippen LogP contribution is -2.70. The number of aliphatic carboxylic acids is 1. The minimum atomic E-state index is -0.998. The van der Waals surface area contributed by atoms with E-state index < -0.39 is 40.5 Å². The SMILES string of the molecule is CC1(C)CC[C@]2(C(=O)O)CC[C@]3(C)C(=C[C@@H](O)[C@@H]4[C@@]5(C)C[C@@H](O)[C@H](O)[C@@](C)(CO)[C@@H]5CC[C@]43C)[C@@H]2C1. The highest BCUT2D eigenvalue weighted by molar-refractivity contribution is 5.76. The molecule has 5 rings (SSSR count). The van der Waals surface area contributed by atoms with Crippen molar-refractivity contribution in [2.75, 3.05) is 6.61 Å². The monoisotopic (exact) mass is 504 g/mol. The molecule has 6 nitrogen and oxygen atoms in total. The van der Waals surface area contributed by atoms with Crippen molar-refractivity contribution < 1.29 is 30.3 Å². The van der Waals surface area contributed by atoms with E-state index in [1.54, 1.807) is 0 Å². The van der Waals surface area contributed by atoms with E-state index in [0.29, 0.717) is 19.3 Å². The van der Waals surface area contributed by atoms with Crippen LogP contribution in [-0.2, 0) is 4.79 Å². The molecule has 0 aromatic rings. The third kappa shape index (κ3) is 3.08. The van der Waals surface area contributed by atoms with Gasteiger partial charge in [-0.3, -0.25) is 4.79 Å². The predicted molar refractivity (Wildman–Crippen MR) is 137 cm³/mol. The molecule has 0 unspecified atom stereocenters. The normalized spacial score (nSPS) is 55.9. The van der Waals surface area contributed by atoms with Gasteiger partial charge in [0.05, 0.1) is 30.3 Å². The highest BCUT2D eigenvalue weighted by atomic mass is 16.4. The average molecular weight is 505 g/mol. The molecule has 4 fully saturated rings. The lowest BCUT2D eigenvalue weighted by Gasteiger charge is -2.72. The number of aliphatic hydroxyl groups is 4. The van der Waals surface area contributed by atoms with Gasteiger partial charge in [0.1, 0.15) is 0 Å². The van der Waals surface area contributed by atoms with Gasteiger partial charge in [0, 0.05) is 11.3 Å². The van der Waals surface area contributed by atoms with Crippen LogP contribution in [0.15, 0.2) is 11.6 Å². The number of rotatable bonds is 2. The highest BCUT2D eigenvalue weighted by Gasteiger charge is 2.72. The molecule has 0 bridgehead atoms. The van der Waals surface area contributed by atoms with Crippen molar-refractivity contribution in [3.8, 4) is 0 Å². The molecular formula is C30H48O6. The van der Waals surface area contributed by atoms with E-state index in [1.165, 1.54) is 0 Å². The van der Waals surface area contributed by atoms with Crippen LogP contribution in [-0.4, -0.2) is 56.4 Å². The Bertz CT molecular complexity index is 974. The van der Waals surface area contributed by atoms with Gasteiger partial charge in [-0.15, -0.1) is 0 Å². The van der Waals surface area contributed by atoms with Crippen LogP contribution < -0.4 is 0 Å². The van der Waals surface area contributed by atoms with Crippen LogP contribution in [0.4, 0.5) is 0 Å². The van der Waals surface area contributed by atoms with E-state index in [-0.39, 0.29) is 40.6 Å². The van der Waals surface area contributed by atoms with Crippen molar-refractivity contribution >= 4 is 5.97 Å². The first kappa shape index (κ1) is 26.6. The van der Waals surface area contributed by atoms with E-state index >= 15 is 0 Å². The van der Waals surface area contributed by atoms with Crippen LogP contribution >= 0.6 is 0 Å². The Balaban J connectivity index is 1.65. The molecule has 0 amide bonds. The zero-order valence-electron chi connectivity index (χ0n) is 23.0. The molecule has 0 radical (unpaired) electrons. The summed E-state index contributed by atoms with van der Waals surface area (Å²) in [4.78, 5) is 12.8. The van der Waals surface area contributed by atoms with Gasteiger partial charge in [0.2, 0.25) is 0 Å². The maximum atomic E-state index is 12.8. The topological polar surface area (TPSA) is 118 Å². The van der Waals surface area contributed by atoms with Crippen LogP contribution in [0.2, 0.25) is 0 Å². The van der Waals surface area contributed by atoms with Gasteiger partial charge in [-0.25, -0.2) is 0 Å². The number of aliphatic hydroxyl groups excluding tert-OH is 4. The Morgan fingerprint density at radius 2 is 1.58 bits per heavy atom. The van der Waals surface area contributed by atoms with E-state index in [1.807, 2.05) is 13.0 Å². The van der Waals surface area contributed by atoms with Crippen LogP contribution in [0.3, 0.4) is 0 Å². The Labute approximate surface area is 216 Å². The molecule has 11 atom stereocenters. The van der Waals surface area contributed by atoms with E-state index in [9.17, 15) is 30.3 Å². The molecular weight excluding hydrogens is 456 g/mol. The highest BCUT2D eigenvalue weighted by Crippen LogP contribution is 2.75. The minimum absolute atomic E-state index is 0.0324. The van der Waals surface area contributed by atoms with Crippen LogP contribution in [0.1, 0.15) is 92.9 Å². The molecule has 5 aliphatic rings. The summed E-state index contributed by atoms with van der Waals surface area (Å²) in [7, 11) is 0. The third-order valence-corrected chi connectivity index (χ3v) is 13.1. The zero-order chi connectivity index (χ0) is 26.7. The zero-order valence-corrected chi connectivity index (χ0v) is 23.0. The van der Waals surface area contributed by atoms with Gasteiger partial charge in [-0.1, -0.05) is 53.2 Å². The molecule has 0 saturated heterocycles. The summed E-state index contributed by atoms with van der Waals surface area (Å²) in [5.41, 5.74) is -1.39. The number of hydrogen-bond acceptors (Lipinski definition) is 5. The van der Waals surface area contributed by atoms with Crippen LogP contribution in [0, 0.1) is 50.2 Å². The molecule has 0 aromatic heterocycles. The van der Waals surface area contributed by atoms with Crippen LogP contribution in [0.25, 0.3) is 0 Å². The second-order valence-corrected chi connectivity index (χ2v) is 15.2. The van der Waals surface area contributed by atoms with Crippen molar-refractivity contribution in [1.29, 1.82) is 0 Å². The second kappa shape index (κ2) is 7.80. The summed E-state index contributed by atoms with van der Waals surface area (Å²) in [5.74, 6) is -0.960. The van der Waals surface area contributed by atoms with Crippen molar-refractivity contribution in [2.45, 2.75) is 111 Å². The lowest BCUT2D eigenvalue weighted by molar-refractivity contribution is -0.257. The molecule has 5 N–H and O–H groups in total. The molecule has 5 aliphatic carbocycles. The standard InChI is InChI=1S/C30H48O6/c1-25(2)9-11-30(24(35)36)12-10-28(5)17(18(30)14-25)13-19(32)22-26(3)15-20(33)23(34)27(4,16-31)21(26)7-8-29(22,28)6/h13,18-23,31-34H,7-12,14-16H2,1-6H3,(H,35,36)/t18-,19+,20+,21+,22+,23-,26-,27-,28+,29+,30-/m0/s1. The number of fused-ring (bicyclic) bond motifs is 7. The fourth-order valence-electron chi connectivity index (χ4n) is 10.9. The molecule has 36 heavy (non-hydrogen) atoms. The summed E-state index contributed by atoms with van der Waals surface area (Å²) in [5, 5.41) is 54.8.